The van der Waals surface area contributed by atoms with Crippen molar-refractivity contribution in [3.63, 3.8) is 0 Å². The Hall–Kier alpha value is -1.85. The zero-order chi connectivity index (χ0) is 14.2. The summed E-state index contributed by atoms with van der Waals surface area (Å²) in [4.78, 5) is 7.25. The van der Waals surface area contributed by atoms with Gasteiger partial charge in [0.15, 0.2) is 5.16 Å². The molecule has 104 valence electrons. The molecular weight excluding hydrogens is 298 g/mol. The normalized spacial score (nSPS) is 13.9. The molecule has 0 spiro atoms. The lowest BCUT2D eigenvalue weighted by Crippen LogP contribution is -2.11. The molecule has 0 atom stereocenters. The van der Waals surface area contributed by atoms with Gasteiger partial charge in [-0.05, 0) is 19.1 Å². The van der Waals surface area contributed by atoms with Gasteiger partial charge in [-0.1, -0.05) is 42.1 Å². The molecule has 5 heteroatoms. The predicted molar refractivity (Wildman–Crippen MR) is 89.4 cm³/mol. The van der Waals surface area contributed by atoms with E-state index in [2.05, 4.69) is 36.2 Å². The van der Waals surface area contributed by atoms with Crippen LogP contribution >= 0.6 is 23.1 Å². The monoisotopic (exact) mass is 311 g/mol. The summed E-state index contributed by atoms with van der Waals surface area (Å²) in [5.41, 5.74) is 3.23. The number of thioether (sulfide) groups is 1. The predicted octanol–water partition coefficient (Wildman–Crippen LogP) is 4.28. The first-order valence-corrected chi connectivity index (χ1v) is 8.52. The van der Waals surface area contributed by atoms with E-state index in [1.165, 1.54) is 9.75 Å². The van der Waals surface area contributed by atoms with Crippen LogP contribution in [0.3, 0.4) is 0 Å². The highest BCUT2D eigenvalue weighted by atomic mass is 32.2. The quantitative estimate of drug-likeness (QED) is 0.707. The fourth-order valence-electron chi connectivity index (χ4n) is 2.27. The maximum atomic E-state index is 4.74. The Kier molecular flexibility index (Phi) is 3.16. The van der Waals surface area contributed by atoms with Gasteiger partial charge in [0, 0.05) is 16.2 Å². The Bertz CT molecular complexity index is 815. The van der Waals surface area contributed by atoms with Crippen LogP contribution in [0, 0.1) is 6.92 Å². The molecule has 0 N–H and O–H groups in total. The molecule has 0 fully saturated rings. The molecule has 3 nitrogen and oxygen atoms in total. The van der Waals surface area contributed by atoms with Crippen LogP contribution < -0.4 is 0 Å². The summed E-state index contributed by atoms with van der Waals surface area (Å²) in [5, 5.41) is 5.70. The lowest BCUT2D eigenvalue weighted by atomic mass is 10.2. The van der Waals surface area contributed by atoms with E-state index in [9.17, 15) is 0 Å². The lowest BCUT2D eigenvalue weighted by Gasteiger charge is -2.10. The molecule has 2 aromatic heterocycles. The third kappa shape index (κ3) is 2.43. The van der Waals surface area contributed by atoms with Crippen molar-refractivity contribution < 1.29 is 0 Å². The van der Waals surface area contributed by atoms with Crippen molar-refractivity contribution in [3.05, 3.63) is 58.4 Å². The zero-order valence-corrected chi connectivity index (χ0v) is 13.1. The molecular formula is C16H13N3S2. The van der Waals surface area contributed by atoms with Crippen LogP contribution in [0.4, 0.5) is 0 Å². The van der Waals surface area contributed by atoms with Gasteiger partial charge < -0.3 is 0 Å². The maximum Gasteiger partial charge on any atom is 0.189 e. The van der Waals surface area contributed by atoms with E-state index in [1.54, 1.807) is 23.1 Å². The molecule has 0 saturated heterocycles. The molecule has 0 radical (unpaired) electrons. The SMILES string of the molecule is Cc1ccc(C2=Nn3cc(-c4ccccc4)nc3SC2)s1. The van der Waals surface area contributed by atoms with Gasteiger partial charge in [-0.3, -0.25) is 0 Å². The molecule has 1 aliphatic heterocycles. The lowest BCUT2D eigenvalue weighted by molar-refractivity contribution is 0.758. The second kappa shape index (κ2) is 5.16. The van der Waals surface area contributed by atoms with Gasteiger partial charge >= 0.3 is 0 Å². The van der Waals surface area contributed by atoms with Crippen LogP contribution in [-0.2, 0) is 0 Å². The average molecular weight is 311 g/mol. The molecule has 1 aliphatic rings. The van der Waals surface area contributed by atoms with E-state index in [0.29, 0.717) is 0 Å². The van der Waals surface area contributed by atoms with Crippen molar-refractivity contribution in [2.24, 2.45) is 5.10 Å². The second-order valence-corrected chi connectivity index (χ2v) is 7.10. The van der Waals surface area contributed by atoms with Crippen LogP contribution in [0.15, 0.2) is 58.9 Å². The number of fused-ring (bicyclic) bond motifs is 1. The van der Waals surface area contributed by atoms with E-state index in [0.717, 1.165) is 27.9 Å². The fourth-order valence-corrected chi connectivity index (χ4v) is 4.08. The standard InChI is InChI=1S/C16H13N3S2/c1-11-7-8-15(21-11)14-10-20-16-17-13(9-19(16)18-14)12-5-3-2-4-6-12/h2-9H,10H2,1H3. The Balaban J connectivity index is 1.73. The van der Waals surface area contributed by atoms with Crippen molar-refractivity contribution in [3.8, 4) is 11.3 Å². The fraction of sp³-hybridized carbons (Fsp3) is 0.125. The topological polar surface area (TPSA) is 30.2 Å². The molecule has 4 rings (SSSR count). The largest absolute Gasteiger partial charge is 0.221 e. The van der Waals surface area contributed by atoms with E-state index in [-0.39, 0.29) is 0 Å². The third-order valence-corrected chi connectivity index (χ3v) is 5.32. The first-order valence-electron chi connectivity index (χ1n) is 6.72. The smallest absolute Gasteiger partial charge is 0.189 e. The number of thiophene rings is 1. The van der Waals surface area contributed by atoms with E-state index < -0.39 is 0 Å². The van der Waals surface area contributed by atoms with E-state index in [1.807, 2.05) is 29.1 Å². The van der Waals surface area contributed by atoms with Crippen LogP contribution in [0.1, 0.15) is 9.75 Å². The molecule has 0 aliphatic carbocycles. The first kappa shape index (κ1) is 12.9. The minimum absolute atomic E-state index is 0.880. The van der Waals surface area contributed by atoms with Crippen molar-refractivity contribution in [2.45, 2.75) is 12.1 Å². The Morgan fingerprint density at radius 3 is 2.71 bits per heavy atom. The molecule has 1 aromatic carbocycles. The molecule has 0 unspecified atom stereocenters. The van der Waals surface area contributed by atoms with Gasteiger partial charge in [0.25, 0.3) is 0 Å². The molecule has 0 amide bonds. The van der Waals surface area contributed by atoms with E-state index >= 15 is 0 Å². The maximum absolute atomic E-state index is 4.74. The number of hydrogen-bond donors (Lipinski definition) is 0. The van der Waals surface area contributed by atoms with Crippen molar-refractivity contribution in [1.29, 1.82) is 0 Å². The summed E-state index contributed by atoms with van der Waals surface area (Å²) in [5.74, 6) is 0.880. The number of nitrogens with zero attached hydrogens (tertiary/aromatic N) is 3. The highest BCUT2D eigenvalue weighted by Crippen LogP contribution is 2.29. The van der Waals surface area contributed by atoms with Gasteiger partial charge in [0.1, 0.15) is 0 Å². The van der Waals surface area contributed by atoms with Crippen molar-refractivity contribution in [2.75, 3.05) is 5.75 Å². The van der Waals surface area contributed by atoms with Crippen molar-refractivity contribution >= 4 is 28.8 Å². The van der Waals surface area contributed by atoms with Crippen LogP contribution in [-0.4, -0.2) is 21.1 Å². The van der Waals surface area contributed by atoms with Crippen LogP contribution in [0.2, 0.25) is 0 Å². The summed E-state index contributed by atoms with van der Waals surface area (Å²) in [6.45, 7) is 2.13. The average Bonchev–Trinajstić information content (AvgIpc) is 3.13. The summed E-state index contributed by atoms with van der Waals surface area (Å²) in [6, 6.07) is 14.5. The minimum atomic E-state index is 0.880. The number of imidazole rings is 1. The molecule has 21 heavy (non-hydrogen) atoms. The number of aryl methyl sites for hydroxylation is 1. The molecule has 3 aromatic rings. The Labute approximate surface area is 131 Å². The van der Waals surface area contributed by atoms with Crippen LogP contribution in [0.5, 0.6) is 0 Å². The zero-order valence-electron chi connectivity index (χ0n) is 11.5. The summed E-state index contributed by atoms with van der Waals surface area (Å²) >= 11 is 3.54. The second-order valence-electron chi connectivity index (χ2n) is 4.86. The number of hydrogen-bond acceptors (Lipinski definition) is 4. The number of aromatic nitrogens is 2. The minimum Gasteiger partial charge on any atom is -0.221 e. The summed E-state index contributed by atoms with van der Waals surface area (Å²) in [7, 11) is 0. The number of rotatable bonds is 2. The van der Waals surface area contributed by atoms with Gasteiger partial charge in [-0.15, -0.1) is 11.3 Å². The van der Waals surface area contributed by atoms with Gasteiger partial charge in [0.2, 0.25) is 0 Å². The van der Waals surface area contributed by atoms with Crippen molar-refractivity contribution in [1.82, 2.24) is 9.66 Å². The van der Waals surface area contributed by atoms with Gasteiger partial charge in [-0.2, -0.15) is 5.10 Å². The summed E-state index contributed by atoms with van der Waals surface area (Å²) in [6.07, 6.45) is 2.01. The van der Waals surface area contributed by atoms with Crippen LogP contribution in [0.25, 0.3) is 11.3 Å². The Morgan fingerprint density at radius 1 is 1.10 bits per heavy atom. The first-order chi connectivity index (χ1) is 10.3. The molecule has 3 heterocycles. The molecule has 0 bridgehead atoms. The van der Waals surface area contributed by atoms with E-state index in [4.69, 9.17) is 5.10 Å². The highest BCUT2D eigenvalue weighted by molar-refractivity contribution is 7.99. The van der Waals surface area contributed by atoms with Gasteiger partial charge in [0.05, 0.1) is 22.5 Å². The molecule has 0 saturated carbocycles. The summed E-state index contributed by atoms with van der Waals surface area (Å²) < 4.78 is 1.90. The third-order valence-electron chi connectivity index (χ3n) is 3.32. The van der Waals surface area contributed by atoms with Gasteiger partial charge in [-0.25, -0.2) is 9.66 Å². The highest BCUT2D eigenvalue weighted by Gasteiger charge is 2.18. The number of benzene rings is 1. The Morgan fingerprint density at radius 2 is 1.95 bits per heavy atom.